The fourth-order valence-electron chi connectivity index (χ4n) is 3.67. The van der Waals surface area contributed by atoms with Crippen LogP contribution in [0.2, 0.25) is 0 Å². The molecule has 0 amide bonds. The number of Topliss-reactive ketones (excluding diaryl/α,β-unsaturated/α-hetero) is 1. The van der Waals surface area contributed by atoms with Crippen molar-refractivity contribution >= 4 is 11.8 Å². The molecular formula is C26H36O5. The van der Waals surface area contributed by atoms with Crippen molar-refractivity contribution in [3.8, 4) is 11.5 Å². The van der Waals surface area contributed by atoms with Crippen LogP contribution in [0.15, 0.2) is 29.4 Å². The highest BCUT2D eigenvalue weighted by molar-refractivity contribution is 5.96. The summed E-state index contributed by atoms with van der Waals surface area (Å²) in [4.78, 5) is 24.4. The van der Waals surface area contributed by atoms with E-state index in [0.717, 1.165) is 37.7 Å². The number of fused-ring (bicyclic) bond motifs is 1. The van der Waals surface area contributed by atoms with Crippen molar-refractivity contribution in [1.82, 2.24) is 0 Å². The SMILES string of the molecule is CCCCCc1cc(O)c(CC=C(C)CCC=C(C)C)c2c1C(=O)OC(CC(C)=O)O2. The monoisotopic (exact) mass is 428 g/mol. The fourth-order valence-corrected chi connectivity index (χ4v) is 3.67. The number of phenolic OH excluding ortho intramolecular Hbond substituents is 1. The van der Waals surface area contributed by atoms with Crippen molar-refractivity contribution in [2.24, 2.45) is 0 Å². The van der Waals surface area contributed by atoms with Crippen LogP contribution in [0, 0.1) is 0 Å². The number of rotatable bonds is 11. The maximum Gasteiger partial charge on any atom is 0.345 e. The van der Waals surface area contributed by atoms with Gasteiger partial charge in [0, 0.05) is 5.56 Å². The Kier molecular flexibility index (Phi) is 9.35. The van der Waals surface area contributed by atoms with E-state index in [-0.39, 0.29) is 18.0 Å². The summed E-state index contributed by atoms with van der Waals surface area (Å²) in [7, 11) is 0. The Morgan fingerprint density at radius 1 is 1.13 bits per heavy atom. The van der Waals surface area contributed by atoms with Crippen molar-refractivity contribution in [3.63, 3.8) is 0 Å². The van der Waals surface area contributed by atoms with Crippen LogP contribution >= 0.6 is 0 Å². The van der Waals surface area contributed by atoms with E-state index in [1.165, 1.54) is 18.1 Å². The highest BCUT2D eigenvalue weighted by Gasteiger charge is 2.34. The molecule has 1 aliphatic heterocycles. The number of benzene rings is 1. The lowest BCUT2D eigenvalue weighted by atomic mass is 9.94. The Balaban J connectivity index is 2.37. The van der Waals surface area contributed by atoms with Crippen LogP contribution < -0.4 is 4.74 Å². The maximum atomic E-state index is 12.8. The third-order valence-corrected chi connectivity index (χ3v) is 5.38. The number of carbonyl (C=O) groups excluding carboxylic acids is 2. The van der Waals surface area contributed by atoms with Crippen LogP contribution in [0.4, 0.5) is 0 Å². The van der Waals surface area contributed by atoms with Gasteiger partial charge in [-0.05, 0) is 71.4 Å². The maximum absolute atomic E-state index is 12.8. The number of unbranched alkanes of at least 4 members (excludes halogenated alkanes) is 2. The second-order valence-electron chi connectivity index (χ2n) is 8.63. The zero-order valence-electron chi connectivity index (χ0n) is 19.5. The molecule has 1 aromatic carbocycles. The molecule has 0 aromatic heterocycles. The number of cyclic esters (lactones) is 1. The molecule has 0 fully saturated rings. The van der Waals surface area contributed by atoms with E-state index in [1.54, 1.807) is 6.07 Å². The molecule has 0 aliphatic carbocycles. The van der Waals surface area contributed by atoms with Gasteiger partial charge in [-0.1, -0.05) is 43.1 Å². The first kappa shape index (κ1) is 24.7. The van der Waals surface area contributed by atoms with E-state index >= 15 is 0 Å². The first-order chi connectivity index (χ1) is 14.7. The molecular weight excluding hydrogens is 392 g/mol. The third kappa shape index (κ3) is 7.27. The summed E-state index contributed by atoms with van der Waals surface area (Å²) in [6.45, 7) is 9.78. The van der Waals surface area contributed by atoms with Gasteiger partial charge in [0.25, 0.3) is 6.29 Å². The molecule has 1 heterocycles. The average Bonchev–Trinajstić information content (AvgIpc) is 2.66. The topological polar surface area (TPSA) is 72.8 Å². The average molecular weight is 429 g/mol. The third-order valence-electron chi connectivity index (χ3n) is 5.38. The molecule has 0 radical (unpaired) electrons. The van der Waals surface area contributed by atoms with Gasteiger partial charge >= 0.3 is 5.97 Å². The summed E-state index contributed by atoms with van der Waals surface area (Å²) in [5.74, 6) is -0.122. The summed E-state index contributed by atoms with van der Waals surface area (Å²) in [6.07, 6.45) is 9.32. The molecule has 2 rings (SSSR count). The van der Waals surface area contributed by atoms with Crippen LogP contribution in [-0.2, 0) is 22.4 Å². The zero-order valence-corrected chi connectivity index (χ0v) is 19.5. The van der Waals surface area contributed by atoms with Gasteiger partial charge in [0.2, 0.25) is 0 Å². The van der Waals surface area contributed by atoms with Crippen molar-refractivity contribution in [3.05, 3.63) is 46.1 Å². The normalized spacial score (nSPS) is 15.7. The standard InChI is InChI=1S/C26H36O5/c1-6-7-8-12-20-16-22(28)21(14-13-18(4)11-9-10-17(2)3)25-24(20)26(29)31-23(30-25)15-19(5)27/h10,13,16,23,28H,6-9,11-12,14-15H2,1-5H3. The number of carbonyl (C=O) groups is 2. The van der Waals surface area contributed by atoms with Crippen molar-refractivity contribution in [1.29, 1.82) is 0 Å². The lowest BCUT2D eigenvalue weighted by Crippen LogP contribution is -2.33. The quantitative estimate of drug-likeness (QED) is 0.257. The molecule has 0 spiro atoms. The Morgan fingerprint density at radius 3 is 2.52 bits per heavy atom. The first-order valence-electron chi connectivity index (χ1n) is 11.3. The van der Waals surface area contributed by atoms with E-state index < -0.39 is 12.3 Å². The van der Waals surface area contributed by atoms with Crippen LogP contribution in [0.5, 0.6) is 11.5 Å². The number of phenols is 1. The van der Waals surface area contributed by atoms with Gasteiger partial charge in [0.1, 0.15) is 22.8 Å². The summed E-state index contributed by atoms with van der Waals surface area (Å²) >= 11 is 0. The van der Waals surface area contributed by atoms with Gasteiger partial charge in [-0.2, -0.15) is 0 Å². The number of hydrogen-bond donors (Lipinski definition) is 1. The zero-order chi connectivity index (χ0) is 23.0. The van der Waals surface area contributed by atoms with E-state index in [9.17, 15) is 14.7 Å². The lowest BCUT2D eigenvalue weighted by Gasteiger charge is -2.29. The Morgan fingerprint density at radius 2 is 1.87 bits per heavy atom. The molecule has 1 unspecified atom stereocenters. The van der Waals surface area contributed by atoms with E-state index in [0.29, 0.717) is 29.7 Å². The number of esters is 1. The Hall–Kier alpha value is -2.56. The van der Waals surface area contributed by atoms with Crippen molar-refractivity contribution < 1.29 is 24.2 Å². The molecule has 5 nitrogen and oxygen atoms in total. The highest BCUT2D eigenvalue weighted by atomic mass is 16.7. The number of ether oxygens (including phenoxy) is 2. The van der Waals surface area contributed by atoms with Gasteiger partial charge in [0.15, 0.2) is 0 Å². The Bertz CT molecular complexity index is 859. The number of aromatic hydroxyl groups is 1. The van der Waals surface area contributed by atoms with Gasteiger partial charge in [0.05, 0.1) is 6.42 Å². The van der Waals surface area contributed by atoms with Gasteiger partial charge in [-0.25, -0.2) is 4.79 Å². The van der Waals surface area contributed by atoms with Gasteiger partial charge in [-0.3, -0.25) is 4.79 Å². The molecule has 1 atom stereocenters. The molecule has 31 heavy (non-hydrogen) atoms. The van der Waals surface area contributed by atoms with Crippen LogP contribution in [0.1, 0.15) is 94.6 Å². The molecule has 1 aromatic rings. The molecule has 0 saturated heterocycles. The molecule has 1 N–H and O–H groups in total. The van der Waals surface area contributed by atoms with Crippen LogP contribution in [0.3, 0.4) is 0 Å². The fraction of sp³-hybridized carbons (Fsp3) is 0.538. The lowest BCUT2D eigenvalue weighted by molar-refractivity contribution is -0.125. The molecule has 0 saturated carbocycles. The predicted octanol–water partition coefficient (Wildman–Crippen LogP) is 6.21. The van der Waals surface area contributed by atoms with Gasteiger partial charge in [-0.15, -0.1) is 0 Å². The van der Waals surface area contributed by atoms with Crippen molar-refractivity contribution in [2.45, 2.75) is 92.3 Å². The minimum Gasteiger partial charge on any atom is -0.508 e. The number of aryl methyl sites for hydroxylation is 1. The van der Waals surface area contributed by atoms with E-state index in [1.807, 2.05) is 0 Å². The Labute approximate surface area is 186 Å². The number of allylic oxidation sites excluding steroid dienone is 4. The number of ketones is 1. The molecule has 1 aliphatic rings. The smallest absolute Gasteiger partial charge is 0.345 e. The summed E-state index contributed by atoms with van der Waals surface area (Å²) in [5.41, 5.74) is 4.19. The second-order valence-corrected chi connectivity index (χ2v) is 8.63. The summed E-state index contributed by atoms with van der Waals surface area (Å²) < 4.78 is 11.3. The van der Waals surface area contributed by atoms with Crippen LogP contribution in [-0.4, -0.2) is 23.1 Å². The number of hydrogen-bond acceptors (Lipinski definition) is 5. The van der Waals surface area contributed by atoms with Crippen LogP contribution in [0.25, 0.3) is 0 Å². The van der Waals surface area contributed by atoms with Gasteiger partial charge < -0.3 is 14.6 Å². The summed E-state index contributed by atoms with van der Waals surface area (Å²) in [6, 6.07) is 1.67. The minimum absolute atomic E-state index is 0.0109. The molecule has 170 valence electrons. The van der Waals surface area contributed by atoms with E-state index in [2.05, 4.69) is 39.8 Å². The molecule has 0 bridgehead atoms. The first-order valence-corrected chi connectivity index (χ1v) is 11.3. The van der Waals surface area contributed by atoms with Crippen molar-refractivity contribution in [2.75, 3.05) is 0 Å². The largest absolute Gasteiger partial charge is 0.508 e. The second kappa shape index (κ2) is 11.7. The molecule has 5 heteroatoms. The highest BCUT2D eigenvalue weighted by Crippen LogP contribution is 2.40. The predicted molar refractivity (Wildman–Crippen MR) is 123 cm³/mol. The van der Waals surface area contributed by atoms with E-state index in [4.69, 9.17) is 9.47 Å². The summed E-state index contributed by atoms with van der Waals surface area (Å²) in [5, 5.41) is 10.8. The minimum atomic E-state index is -0.954.